The van der Waals surface area contributed by atoms with Crippen LogP contribution in [0.4, 0.5) is 8.78 Å². The summed E-state index contributed by atoms with van der Waals surface area (Å²) in [5, 5.41) is 7.00. The van der Waals surface area contributed by atoms with Crippen LogP contribution in [0, 0.1) is 0 Å². The second-order valence-electron chi connectivity index (χ2n) is 4.23. The lowest BCUT2D eigenvalue weighted by molar-refractivity contribution is -0.118. The lowest BCUT2D eigenvalue weighted by atomic mass is 10.0. The van der Waals surface area contributed by atoms with Crippen molar-refractivity contribution in [3.63, 3.8) is 0 Å². The number of benzene rings is 2. The zero-order valence-corrected chi connectivity index (χ0v) is 13.9. The summed E-state index contributed by atoms with van der Waals surface area (Å²) in [6, 6.07) is 12.3. The molecule has 6 heteroatoms. The predicted octanol–water partition coefficient (Wildman–Crippen LogP) is 3.73. The number of halogens is 2. The van der Waals surface area contributed by atoms with E-state index < -0.39 is 12.0 Å². The van der Waals surface area contributed by atoms with Gasteiger partial charge in [-0.25, -0.2) is 0 Å². The van der Waals surface area contributed by atoms with Crippen molar-refractivity contribution >= 4 is 6.29 Å². The number of para-hydroxylation sites is 1. The lowest BCUT2D eigenvalue weighted by Gasteiger charge is -2.20. The fourth-order valence-electron chi connectivity index (χ4n) is 1.67. The van der Waals surface area contributed by atoms with Crippen LogP contribution in [-0.4, -0.2) is 24.5 Å². The number of hydrogen-bond acceptors (Lipinski definition) is 4. The summed E-state index contributed by atoms with van der Waals surface area (Å²) < 4.78 is 33.2. The molecule has 3 N–H and O–H groups in total. The van der Waals surface area contributed by atoms with Crippen LogP contribution < -0.4 is 10.5 Å². The zero-order chi connectivity index (χ0) is 18.6. The molecule has 1 unspecified atom stereocenters. The second-order valence-corrected chi connectivity index (χ2v) is 4.23. The van der Waals surface area contributed by atoms with Gasteiger partial charge in [0.05, 0.1) is 0 Å². The normalized spacial score (nSPS) is 11.1. The van der Waals surface area contributed by atoms with E-state index in [0.717, 1.165) is 7.11 Å². The van der Waals surface area contributed by atoms with Gasteiger partial charge in [0, 0.05) is 12.7 Å². The van der Waals surface area contributed by atoms with E-state index >= 15 is 0 Å². The van der Waals surface area contributed by atoms with Crippen LogP contribution in [0.2, 0.25) is 0 Å². The van der Waals surface area contributed by atoms with Gasteiger partial charge in [-0.1, -0.05) is 44.2 Å². The van der Waals surface area contributed by atoms with Crippen LogP contribution in [0.5, 0.6) is 11.5 Å². The van der Waals surface area contributed by atoms with E-state index in [-0.39, 0.29) is 17.6 Å². The van der Waals surface area contributed by atoms with Gasteiger partial charge in [0.1, 0.15) is 23.8 Å². The first kappa shape index (κ1) is 21.7. The highest BCUT2D eigenvalue weighted by atomic mass is 19.3. The fraction of sp³-hybridized carbons (Fsp3) is 0.278. The minimum Gasteiger partial charge on any atom is -0.457 e. The molecule has 0 fully saturated rings. The third-order valence-corrected chi connectivity index (χ3v) is 2.76. The summed E-state index contributed by atoms with van der Waals surface area (Å²) in [6.45, 7) is 4.00. The number of aldehydes is 1. The molecular formula is C18H23F2NO3. The van der Waals surface area contributed by atoms with Gasteiger partial charge >= 0.3 is 0 Å². The molecule has 0 heterocycles. The van der Waals surface area contributed by atoms with Crippen LogP contribution in [0.1, 0.15) is 19.4 Å². The van der Waals surface area contributed by atoms with E-state index in [0.29, 0.717) is 5.75 Å². The van der Waals surface area contributed by atoms with E-state index in [4.69, 9.17) is 15.6 Å². The molecule has 0 saturated heterocycles. The predicted molar refractivity (Wildman–Crippen MR) is 90.4 cm³/mol. The molecule has 132 valence electrons. The molecule has 24 heavy (non-hydrogen) atoms. The van der Waals surface area contributed by atoms with Crippen molar-refractivity contribution in [3.05, 3.63) is 60.2 Å². The van der Waals surface area contributed by atoms with Crippen LogP contribution in [0.15, 0.2) is 54.6 Å². The molecule has 2 aromatic carbocycles. The zero-order valence-electron chi connectivity index (χ0n) is 13.9. The van der Waals surface area contributed by atoms with Gasteiger partial charge in [0.2, 0.25) is 0 Å². The average molecular weight is 339 g/mol. The maximum Gasteiger partial charge on any atom is 0.294 e. The molecule has 2 aromatic rings. The van der Waals surface area contributed by atoms with Crippen molar-refractivity contribution in [1.29, 1.82) is 0 Å². The molecule has 0 amide bonds. The molecule has 0 spiro atoms. The molecule has 0 bridgehead atoms. The molecule has 0 aliphatic carbocycles. The maximum atomic E-state index is 13.9. The number of alkyl halides is 2. The van der Waals surface area contributed by atoms with Gasteiger partial charge in [-0.15, -0.1) is 0 Å². The summed E-state index contributed by atoms with van der Waals surface area (Å²) in [6.07, 6.45) is 0.0325. The Morgan fingerprint density at radius 3 is 2.12 bits per heavy atom. The standard InChI is InChI=1S/C15H13F2NO2.C2H6.CH4O/c16-15(17,14(18)10-19)11-5-4-8-13(9-11)20-12-6-2-1-3-7-12;2*1-2/h1-10,14H,18H2;1-2H3;2H,1H3. The summed E-state index contributed by atoms with van der Waals surface area (Å²) in [5.74, 6) is -2.64. The van der Waals surface area contributed by atoms with Crippen molar-refractivity contribution < 1.29 is 23.4 Å². The molecule has 0 saturated carbocycles. The van der Waals surface area contributed by atoms with E-state index in [1.54, 1.807) is 30.3 Å². The van der Waals surface area contributed by atoms with Gasteiger partial charge in [-0.05, 0) is 24.3 Å². The monoisotopic (exact) mass is 339 g/mol. The Hall–Kier alpha value is -2.31. The van der Waals surface area contributed by atoms with E-state index in [1.165, 1.54) is 18.2 Å². The van der Waals surface area contributed by atoms with E-state index in [2.05, 4.69) is 0 Å². The van der Waals surface area contributed by atoms with Gasteiger partial charge < -0.3 is 20.4 Å². The van der Waals surface area contributed by atoms with E-state index in [9.17, 15) is 13.6 Å². The van der Waals surface area contributed by atoms with Crippen LogP contribution >= 0.6 is 0 Å². The number of nitrogens with two attached hydrogens (primary N) is 1. The van der Waals surface area contributed by atoms with Crippen LogP contribution in [-0.2, 0) is 10.7 Å². The smallest absolute Gasteiger partial charge is 0.294 e. The number of carbonyl (C=O) groups is 1. The maximum absolute atomic E-state index is 13.9. The third kappa shape index (κ3) is 6.06. The highest BCUT2D eigenvalue weighted by Crippen LogP contribution is 2.33. The quantitative estimate of drug-likeness (QED) is 0.814. The van der Waals surface area contributed by atoms with Gasteiger partial charge in [0.25, 0.3) is 5.92 Å². The largest absolute Gasteiger partial charge is 0.457 e. The van der Waals surface area contributed by atoms with Crippen molar-refractivity contribution in [3.8, 4) is 11.5 Å². The number of hydrogen-bond donors (Lipinski definition) is 2. The Kier molecular flexibility index (Phi) is 10.2. The molecule has 2 rings (SSSR count). The molecule has 0 aromatic heterocycles. The Balaban J connectivity index is 0.00000123. The SMILES string of the molecule is CC.CO.NC(C=O)C(F)(F)c1cccc(Oc2ccccc2)c1. The summed E-state index contributed by atoms with van der Waals surface area (Å²) in [5.41, 5.74) is 4.77. The highest BCUT2D eigenvalue weighted by Gasteiger charge is 2.39. The average Bonchev–Trinajstić information content (AvgIpc) is 2.65. The summed E-state index contributed by atoms with van der Waals surface area (Å²) in [7, 11) is 1.00. The summed E-state index contributed by atoms with van der Waals surface area (Å²) in [4.78, 5) is 10.5. The van der Waals surface area contributed by atoms with Gasteiger partial charge in [0.15, 0.2) is 0 Å². The van der Waals surface area contributed by atoms with Crippen molar-refractivity contribution in [1.82, 2.24) is 0 Å². The molecular weight excluding hydrogens is 316 g/mol. The summed E-state index contributed by atoms with van der Waals surface area (Å²) >= 11 is 0. The first-order valence-electron chi connectivity index (χ1n) is 7.41. The molecule has 1 atom stereocenters. The molecule has 0 radical (unpaired) electrons. The van der Waals surface area contributed by atoms with Crippen molar-refractivity contribution in [2.75, 3.05) is 7.11 Å². The van der Waals surface area contributed by atoms with Crippen LogP contribution in [0.25, 0.3) is 0 Å². The number of aliphatic hydroxyl groups excluding tert-OH is 1. The highest BCUT2D eigenvalue weighted by molar-refractivity contribution is 5.60. The lowest BCUT2D eigenvalue weighted by Crippen LogP contribution is -2.39. The second kappa shape index (κ2) is 11.3. The Morgan fingerprint density at radius 2 is 1.58 bits per heavy atom. The minimum atomic E-state index is -3.43. The minimum absolute atomic E-state index is 0.0325. The van der Waals surface area contributed by atoms with Crippen molar-refractivity contribution in [2.45, 2.75) is 25.8 Å². The number of ether oxygens (including phenoxy) is 1. The Morgan fingerprint density at radius 1 is 1.04 bits per heavy atom. The third-order valence-electron chi connectivity index (χ3n) is 2.76. The number of rotatable bonds is 5. The Labute approximate surface area is 140 Å². The molecule has 4 nitrogen and oxygen atoms in total. The fourth-order valence-corrected chi connectivity index (χ4v) is 1.67. The van der Waals surface area contributed by atoms with Gasteiger partial charge in [-0.3, -0.25) is 0 Å². The first-order valence-corrected chi connectivity index (χ1v) is 7.41. The number of carbonyl (C=O) groups excluding carboxylic acids is 1. The Bertz CT molecular complexity index is 592. The molecule has 0 aliphatic heterocycles. The van der Waals surface area contributed by atoms with E-state index in [1.807, 2.05) is 19.9 Å². The van der Waals surface area contributed by atoms with Crippen LogP contribution in [0.3, 0.4) is 0 Å². The van der Waals surface area contributed by atoms with Crippen molar-refractivity contribution in [2.24, 2.45) is 5.73 Å². The number of aliphatic hydroxyl groups is 1. The van der Waals surface area contributed by atoms with Gasteiger partial charge in [-0.2, -0.15) is 8.78 Å². The molecule has 0 aliphatic rings. The topological polar surface area (TPSA) is 72.5 Å². The first-order chi connectivity index (χ1) is 11.5.